The van der Waals surface area contributed by atoms with E-state index < -0.39 is 17.7 Å². The quantitative estimate of drug-likeness (QED) is 0.0433. The Bertz CT molecular complexity index is 1750. The lowest BCUT2D eigenvalue weighted by Gasteiger charge is -2.24. The second-order valence-electron chi connectivity index (χ2n) is 11.8. The summed E-state index contributed by atoms with van der Waals surface area (Å²) in [5.41, 5.74) is 3.20. The van der Waals surface area contributed by atoms with Crippen molar-refractivity contribution in [1.29, 1.82) is 0 Å². The zero-order valence-electron chi connectivity index (χ0n) is 27.9. The number of ether oxygens (including phenoxy) is 3. The van der Waals surface area contributed by atoms with Crippen LogP contribution in [-0.4, -0.2) is 46.8 Å². The Morgan fingerprint density at radius 1 is 0.938 bits per heavy atom. The standard InChI is InChI=1S/C37H41N3O6S2/c1-6-19-45-28-15-12-26(13-16-28)33(41)31-32(27-14-17-29(30(21-27)44-7-2)46-20-18-23(3)4)40(35(43)34(31)42)36-38-39-37(48-36)47-22-25-10-8-24(5)9-11-25/h8-17,21,23,32,41H,6-7,18-20,22H2,1-5H3. The fourth-order valence-electron chi connectivity index (χ4n) is 5.10. The number of ketones is 1. The van der Waals surface area contributed by atoms with E-state index in [0.29, 0.717) is 64.2 Å². The van der Waals surface area contributed by atoms with Crippen LogP contribution in [0.1, 0.15) is 68.8 Å². The molecular weight excluding hydrogens is 647 g/mol. The smallest absolute Gasteiger partial charge is 0.301 e. The SMILES string of the molecule is CCCOc1ccc(C(O)=C2C(=O)C(=O)N(c3nnc(SCc4ccc(C)cc4)s3)C2c2ccc(OCCC(C)C)c(OCC)c2)cc1. The van der Waals surface area contributed by atoms with Crippen molar-refractivity contribution in [2.45, 2.75) is 63.6 Å². The summed E-state index contributed by atoms with van der Waals surface area (Å²) < 4.78 is 18.4. The van der Waals surface area contributed by atoms with Crippen molar-refractivity contribution < 1.29 is 28.9 Å². The van der Waals surface area contributed by atoms with Crippen molar-refractivity contribution >= 4 is 45.7 Å². The van der Waals surface area contributed by atoms with E-state index in [1.54, 1.807) is 42.5 Å². The number of carbonyl (C=O) groups is 2. The van der Waals surface area contributed by atoms with E-state index in [0.717, 1.165) is 18.4 Å². The predicted molar refractivity (Wildman–Crippen MR) is 190 cm³/mol. The highest BCUT2D eigenvalue weighted by molar-refractivity contribution is 8.00. The molecule has 11 heteroatoms. The molecule has 1 N–H and O–H groups in total. The highest BCUT2D eigenvalue weighted by Crippen LogP contribution is 2.46. The van der Waals surface area contributed by atoms with Crippen LogP contribution in [0, 0.1) is 12.8 Å². The zero-order valence-corrected chi connectivity index (χ0v) is 29.5. The second-order valence-corrected chi connectivity index (χ2v) is 14.0. The number of nitrogens with zero attached hydrogens (tertiary/aromatic N) is 3. The molecule has 1 aliphatic heterocycles. The lowest BCUT2D eigenvalue weighted by atomic mass is 9.95. The van der Waals surface area contributed by atoms with Gasteiger partial charge in [-0.05, 0) is 80.1 Å². The minimum atomic E-state index is -0.993. The third kappa shape index (κ3) is 8.19. The summed E-state index contributed by atoms with van der Waals surface area (Å²) in [6.07, 6.45) is 1.73. The van der Waals surface area contributed by atoms with Crippen molar-refractivity contribution in [2.75, 3.05) is 24.7 Å². The Morgan fingerprint density at radius 2 is 1.69 bits per heavy atom. The average Bonchev–Trinajstić information content (AvgIpc) is 3.65. The van der Waals surface area contributed by atoms with Crippen LogP contribution in [0.25, 0.3) is 5.76 Å². The number of aromatic nitrogens is 2. The molecule has 0 radical (unpaired) electrons. The number of anilines is 1. The Labute approximate surface area is 290 Å². The van der Waals surface area contributed by atoms with Crippen LogP contribution < -0.4 is 19.1 Å². The molecule has 1 aliphatic rings. The van der Waals surface area contributed by atoms with Gasteiger partial charge in [-0.25, -0.2) is 0 Å². The van der Waals surface area contributed by atoms with Crippen molar-refractivity contribution in [3.63, 3.8) is 0 Å². The van der Waals surface area contributed by atoms with Crippen molar-refractivity contribution in [2.24, 2.45) is 5.92 Å². The van der Waals surface area contributed by atoms with Gasteiger partial charge >= 0.3 is 5.91 Å². The molecule has 0 spiro atoms. The highest BCUT2D eigenvalue weighted by atomic mass is 32.2. The Morgan fingerprint density at radius 3 is 2.38 bits per heavy atom. The van der Waals surface area contributed by atoms with E-state index in [1.807, 2.05) is 20.8 Å². The number of Topliss-reactive ketones (excluding diaryl/α,β-unsaturated/α-hetero) is 1. The number of aliphatic hydroxyl groups is 1. The van der Waals surface area contributed by atoms with Gasteiger partial charge in [0.2, 0.25) is 5.13 Å². The molecule has 5 rings (SSSR count). The summed E-state index contributed by atoms with van der Waals surface area (Å²) in [6, 6.07) is 19.4. The monoisotopic (exact) mass is 687 g/mol. The average molecular weight is 688 g/mol. The summed E-state index contributed by atoms with van der Waals surface area (Å²) >= 11 is 2.73. The van der Waals surface area contributed by atoms with E-state index in [1.165, 1.54) is 33.6 Å². The Kier molecular flexibility index (Phi) is 11.8. The summed E-state index contributed by atoms with van der Waals surface area (Å²) in [5, 5.41) is 20.6. The van der Waals surface area contributed by atoms with Crippen LogP contribution in [0.15, 0.2) is 76.6 Å². The lowest BCUT2D eigenvalue weighted by Crippen LogP contribution is -2.29. The second kappa shape index (κ2) is 16.2. The van der Waals surface area contributed by atoms with Gasteiger partial charge in [0, 0.05) is 11.3 Å². The molecular formula is C37H41N3O6S2. The molecule has 4 aromatic rings. The molecule has 1 unspecified atom stereocenters. The summed E-state index contributed by atoms with van der Waals surface area (Å²) in [7, 11) is 0. The van der Waals surface area contributed by atoms with Gasteiger partial charge in [-0.2, -0.15) is 0 Å². The first kappa shape index (κ1) is 35.0. The van der Waals surface area contributed by atoms with Crippen LogP contribution in [-0.2, 0) is 15.3 Å². The Balaban J connectivity index is 1.54. The molecule has 1 amide bonds. The third-order valence-corrected chi connectivity index (χ3v) is 9.79. The van der Waals surface area contributed by atoms with Crippen LogP contribution in [0.3, 0.4) is 0 Å². The molecule has 0 bridgehead atoms. The predicted octanol–water partition coefficient (Wildman–Crippen LogP) is 8.38. The number of hydrogen-bond donors (Lipinski definition) is 1. The molecule has 1 saturated heterocycles. The number of amides is 1. The minimum Gasteiger partial charge on any atom is -0.507 e. The maximum Gasteiger partial charge on any atom is 0.301 e. The summed E-state index contributed by atoms with van der Waals surface area (Å²) in [6.45, 7) is 11.7. The topological polar surface area (TPSA) is 111 Å². The molecule has 0 saturated carbocycles. The first-order valence-corrected chi connectivity index (χ1v) is 18.0. The molecule has 252 valence electrons. The molecule has 48 heavy (non-hydrogen) atoms. The fraction of sp³-hybridized carbons (Fsp3) is 0.351. The number of aliphatic hydroxyl groups excluding tert-OH is 1. The van der Waals surface area contributed by atoms with E-state index in [2.05, 4.69) is 48.3 Å². The highest BCUT2D eigenvalue weighted by Gasteiger charge is 2.48. The van der Waals surface area contributed by atoms with Crippen LogP contribution >= 0.6 is 23.1 Å². The Hall–Kier alpha value is -4.35. The van der Waals surface area contributed by atoms with Crippen LogP contribution in [0.2, 0.25) is 0 Å². The van der Waals surface area contributed by atoms with Crippen molar-refractivity contribution in [3.05, 3.63) is 94.6 Å². The first-order chi connectivity index (χ1) is 23.2. The van der Waals surface area contributed by atoms with Gasteiger partial charge in [0.25, 0.3) is 5.78 Å². The minimum absolute atomic E-state index is 0.0535. The lowest BCUT2D eigenvalue weighted by molar-refractivity contribution is -0.132. The number of aryl methyl sites for hydroxylation is 1. The van der Waals surface area contributed by atoms with Crippen molar-refractivity contribution in [1.82, 2.24) is 10.2 Å². The van der Waals surface area contributed by atoms with E-state index >= 15 is 0 Å². The molecule has 3 aromatic carbocycles. The van der Waals surface area contributed by atoms with E-state index in [-0.39, 0.29) is 16.5 Å². The normalized spacial score (nSPS) is 15.7. The van der Waals surface area contributed by atoms with Gasteiger partial charge < -0.3 is 19.3 Å². The largest absolute Gasteiger partial charge is 0.507 e. The maximum atomic E-state index is 13.8. The first-order valence-electron chi connectivity index (χ1n) is 16.2. The van der Waals surface area contributed by atoms with Crippen molar-refractivity contribution in [3.8, 4) is 17.2 Å². The van der Waals surface area contributed by atoms with E-state index in [9.17, 15) is 14.7 Å². The number of rotatable bonds is 15. The number of thioether (sulfide) groups is 1. The molecule has 1 aromatic heterocycles. The van der Waals surface area contributed by atoms with E-state index in [4.69, 9.17) is 14.2 Å². The molecule has 1 atom stereocenters. The van der Waals surface area contributed by atoms with Gasteiger partial charge in [0.05, 0.1) is 31.4 Å². The van der Waals surface area contributed by atoms with Gasteiger partial charge in [0.15, 0.2) is 15.8 Å². The molecule has 9 nitrogen and oxygen atoms in total. The molecule has 1 fully saturated rings. The maximum absolute atomic E-state index is 13.8. The van der Waals surface area contributed by atoms with Gasteiger partial charge in [0.1, 0.15) is 11.5 Å². The fourth-order valence-corrected chi connectivity index (χ4v) is 6.93. The van der Waals surface area contributed by atoms with Gasteiger partial charge in [-0.15, -0.1) is 10.2 Å². The number of hydrogen-bond acceptors (Lipinski definition) is 10. The van der Waals surface area contributed by atoms with Crippen LogP contribution in [0.5, 0.6) is 17.2 Å². The summed E-state index contributed by atoms with van der Waals surface area (Å²) in [5.74, 6) is 0.916. The number of carbonyl (C=O) groups excluding carboxylic acids is 2. The third-order valence-electron chi connectivity index (χ3n) is 7.67. The molecule has 0 aliphatic carbocycles. The molecule has 2 heterocycles. The number of benzene rings is 3. The zero-order chi connectivity index (χ0) is 34.2. The summed E-state index contributed by atoms with van der Waals surface area (Å²) in [4.78, 5) is 28.9. The van der Waals surface area contributed by atoms with Crippen LogP contribution in [0.4, 0.5) is 5.13 Å². The van der Waals surface area contributed by atoms with Gasteiger partial charge in [-0.3, -0.25) is 14.5 Å². The van der Waals surface area contributed by atoms with Gasteiger partial charge in [-0.1, -0.05) is 79.8 Å².